The molecule has 2 N–H and O–H groups in total. The number of benzene rings is 1. The Morgan fingerprint density at radius 3 is 2.81 bits per heavy atom. The molecular weight excluding hydrogens is 492 g/mol. The van der Waals surface area contributed by atoms with Gasteiger partial charge in [-0.3, -0.25) is 19.7 Å². The third-order valence-corrected chi connectivity index (χ3v) is 11.3. The molecule has 8 rings (SSSR count). The van der Waals surface area contributed by atoms with Crippen LogP contribution >= 0.6 is 23.1 Å². The van der Waals surface area contributed by atoms with Crippen LogP contribution in [0.4, 0.5) is 0 Å². The highest BCUT2D eigenvalue weighted by Crippen LogP contribution is 2.60. The predicted molar refractivity (Wildman–Crippen MR) is 137 cm³/mol. The highest BCUT2D eigenvalue weighted by atomic mass is 32.2. The summed E-state index contributed by atoms with van der Waals surface area (Å²) < 4.78 is 0. The number of amides is 3. The van der Waals surface area contributed by atoms with E-state index in [2.05, 4.69) is 16.0 Å². The number of carbonyl (C=O) groups is 3. The Hall–Kier alpha value is -2.23. The van der Waals surface area contributed by atoms with E-state index in [0.717, 1.165) is 51.2 Å². The largest absolute Gasteiger partial charge is 0.322 e. The van der Waals surface area contributed by atoms with Gasteiger partial charge in [0, 0.05) is 40.9 Å². The molecule has 2 aliphatic heterocycles. The SMILES string of the molecule is O=C1CCC(N2Cc3c(SCc4nc(CNC56CC7CC(CC5C7)C6)cs4)cccc3C2=O)C(=O)N1. The van der Waals surface area contributed by atoms with Crippen molar-refractivity contribution >= 4 is 40.8 Å². The van der Waals surface area contributed by atoms with Crippen LogP contribution < -0.4 is 10.6 Å². The number of thiazole rings is 1. The van der Waals surface area contributed by atoms with Gasteiger partial charge in [0.1, 0.15) is 11.0 Å². The van der Waals surface area contributed by atoms with E-state index in [4.69, 9.17) is 4.98 Å². The summed E-state index contributed by atoms with van der Waals surface area (Å²) in [5.74, 6) is 2.76. The fourth-order valence-corrected chi connectivity index (χ4v) is 9.57. The van der Waals surface area contributed by atoms with Crippen LogP contribution in [0.5, 0.6) is 0 Å². The van der Waals surface area contributed by atoms with Gasteiger partial charge in [0.25, 0.3) is 5.91 Å². The second kappa shape index (κ2) is 8.67. The summed E-state index contributed by atoms with van der Waals surface area (Å²) in [4.78, 5) is 44.6. The molecule has 3 unspecified atom stereocenters. The Morgan fingerprint density at radius 2 is 2.00 bits per heavy atom. The molecule has 188 valence electrons. The molecule has 9 heteroatoms. The minimum absolute atomic E-state index is 0.126. The molecule has 0 spiro atoms. The standard InChI is InChI=1S/C27H30N4O3S2/c32-23-5-4-21(25(33)30-23)31-12-20-19(26(31)34)2-1-3-22(20)35-14-24-29-18(13-36-24)11-28-27-9-15-6-16(10-27)8-17(27)7-15/h1-3,13,15-17,21,28H,4-12,14H2,(H,30,32,33). The van der Waals surface area contributed by atoms with Crippen LogP contribution in [0.3, 0.4) is 0 Å². The number of carbonyl (C=O) groups excluding carboxylic acids is 3. The summed E-state index contributed by atoms with van der Waals surface area (Å²) >= 11 is 3.41. The first kappa shape index (κ1) is 22.9. The van der Waals surface area contributed by atoms with Crippen LogP contribution in [0.2, 0.25) is 0 Å². The van der Waals surface area contributed by atoms with Crippen molar-refractivity contribution in [3.8, 4) is 0 Å². The lowest BCUT2D eigenvalue weighted by molar-refractivity contribution is -0.136. The van der Waals surface area contributed by atoms with Crippen molar-refractivity contribution in [1.82, 2.24) is 20.5 Å². The van der Waals surface area contributed by atoms with Crippen LogP contribution in [0.25, 0.3) is 0 Å². The average Bonchev–Trinajstić information content (AvgIpc) is 3.57. The van der Waals surface area contributed by atoms with Crippen molar-refractivity contribution < 1.29 is 14.4 Å². The molecule has 1 aromatic heterocycles. The molecule has 5 fully saturated rings. The van der Waals surface area contributed by atoms with Gasteiger partial charge in [-0.2, -0.15) is 0 Å². The lowest BCUT2D eigenvalue weighted by Gasteiger charge is -2.34. The van der Waals surface area contributed by atoms with Crippen molar-refractivity contribution in [1.29, 1.82) is 0 Å². The van der Waals surface area contributed by atoms with E-state index in [1.54, 1.807) is 28.0 Å². The van der Waals surface area contributed by atoms with Gasteiger partial charge >= 0.3 is 0 Å². The van der Waals surface area contributed by atoms with Crippen molar-refractivity contribution in [2.24, 2.45) is 17.8 Å². The van der Waals surface area contributed by atoms with E-state index in [0.29, 0.717) is 24.1 Å². The minimum Gasteiger partial charge on any atom is -0.322 e. The Morgan fingerprint density at radius 1 is 1.17 bits per heavy atom. The maximum atomic E-state index is 13.1. The molecule has 4 saturated carbocycles. The maximum Gasteiger partial charge on any atom is 0.255 e. The fourth-order valence-electron chi connectivity index (χ4n) is 7.68. The summed E-state index contributed by atoms with van der Waals surface area (Å²) in [7, 11) is 0. The topological polar surface area (TPSA) is 91.4 Å². The van der Waals surface area contributed by atoms with Gasteiger partial charge in [0.2, 0.25) is 11.8 Å². The Bertz CT molecular complexity index is 1250. The molecule has 1 saturated heterocycles. The number of rotatable bonds is 7. The summed E-state index contributed by atoms with van der Waals surface area (Å²) in [5.41, 5.74) is 3.14. The van der Waals surface area contributed by atoms with Gasteiger partial charge in [-0.1, -0.05) is 6.07 Å². The molecule has 3 amide bonds. The zero-order valence-corrected chi connectivity index (χ0v) is 21.8. The van der Waals surface area contributed by atoms with E-state index in [-0.39, 0.29) is 24.1 Å². The summed E-state index contributed by atoms with van der Waals surface area (Å²) in [6.45, 7) is 1.26. The highest BCUT2D eigenvalue weighted by molar-refractivity contribution is 7.98. The number of hydrogen-bond donors (Lipinski definition) is 2. The maximum absolute atomic E-state index is 13.1. The molecule has 7 nitrogen and oxygen atoms in total. The van der Waals surface area contributed by atoms with E-state index in [1.807, 2.05) is 18.2 Å². The van der Waals surface area contributed by atoms with Gasteiger partial charge < -0.3 is 10.2 Å². The monoisotopic (exact) mass is 522 g/mol. The van der Waals surface area contributed by atoms with Gasteiger partial charge in [0.15, 0.2) is 0 Å². The smallest absolute Gasteiger partial charge is 0.255 e. The Kier molecular flexibility index (Phi) is 5.52. The Balaban J connectivity index is 0.993. The summed E-state index contributed by atoms with van der Waals surface area (Å²) in [6, 6.07) is 5.21. The first-order chi connectivity index (χ1) is 17.5. The normalized spacial score (nSPS) is 32.4. The third kappa shape index (κ3) is 3.82. The first-order valence-corrected chi connectivity index (χ1v) is 14.9. The Labute approximate surface area is 218 Å². The number of imide groups is 1. The van der Waals surface area contributed by atoms with Crippen molar-refractivity contribution in [2.45, 2.75) is 80.3 Å². The number of piperidine rings is 1. The lowest BCUT2D eigenvalue weighted by atomic mass is 9.80. The van der Waals surface area contributed by atoms with Gasteiger partial charge in [-0.05, 0) is 74.0 Å². The molecule has 3 heterocycles. The quantitative estimate of drug-likeness (QED) is 0.424. The number of nitrogens with zero attached hydrogens (tertiary/aromatic N) is 2. The van der Waals surface area contributed by atoms with E-state index >= 15 is 0 Å². The van der Waals surface area contributed by atoms with Gasteiger partial charge in [-0.15, -0.1) is 23.1 Å². The second-order valence-corrected chi connectivity index (χ2v) is 13.2. The molecule has 4 aliphatic carbocycles. The van der Waals surface area contributed by atoms with Crippen LogP contribution in [-0.4, -0.2) is 39.2 Å². The second-order valence-electron chi connectivity index (χ2n) is 11.3. The molecular formula is C27H30N4O3S2. The molecule has 2 aromatic rings. The number of nitrogens with one attached hydrogen (secondary N) is 2. The average molecular weight is 523 g/mol. The zero-order valence-electron chi connectivity index (χ0n) is 20.1. The van der Waals surface area contributed by atoms with Crippen molar-refractivity contribution in [3.63, 3.8) is 0 Å². The highest BCUT2D eigenvalue weighted by Gasteiger charge is 2.57. The van der Waals surface area contributed by atoms with Gasteiger partial charge in [-0.25, -0.2) is 4.98 Å². The summed E-state index contributed by atoms with van der Waals surface area (Å²) in [5, 5.41) is 9.59. The third-order valence-electron chi connectivity index (χ3n) is 9.10. The van der Waals surface area contributed by atoms with E-state index < -0.39 is 6.04 Å². The number of aromatic nitrogens is 1. The van der Waals surface area contributed by atoms with Crippen LogP contribution in [0.1, 0.15) is 71.6 Å². The molecule has 4 bridgehead atoms. The predicted octanol–water partition coefficient (Wildman–Crippen LogP) is 3.86. The summed E-state index contributed by atoms with van der Waals surface area (Å²) in [6.07, 6.45) is 7.66. The first-order valence-electron chi connectivity index (χ1n) is 13.0. The van der Waals surface area contributed by atoms with E-state index in [1.165, 1.54) is 32.1 Å². The van der Waals surface area contributed by atoms with Crippen LogP contribution in [0, 0.1) is 17.8 Å². The van der Waals surface area contributed by atoms with Crippen LogP contribution in [0.15, 0.2) is 28.5 Å². The molecule has 6 aliphatic rings. The number of hydrogen-bond acceptors (Lipinski definition) is 7. The number of fused-ring (bicyclic) bond motifs is 1. The van der Waals surface area contributed by atoms with Gasteiger partial charge in [0.05, 0.1) is 11.4 Å². The molecule has 1 aromatic carbocycles. The number of thioether (sulfide) groups is 1. The fraction of sp³-hybridized carbons (Fsp3) is 0.556. The van der Waals surface area contributed by atoms with Crippen LogP contribution in [-0.2, 0) is 28.4 Å². The molecule has 36 heavy (non-hydrogen) atoms. The molecule has 3 atom stereocenters. The molecule has 0 radical (unpaired) electrons. The zero-order chi connectivity index (χ0) is 24.4. The van der Waals surface area contributed by atoms with Crippen molar-refractivity contribution in [2.75, 3.05) is 0 Å². The minimum atomic E-state index is -0.584. The lowest BCUT2D eigenvalue weighted by Crippen LogP contribution is -2.52. The van der Waals surface area contributed by atoms with Crippen molar-refractivity contribution in [3.05, 3.63) is 45.4 Å². The van der Waals surface area contributed by atoms with E-state index in [9.17, 15) is 14.4 Å².